The number of esters is 1. The third kappa shape index (κ3) is 4.53. The second-order valence-electron chi connectivity index (χ2n) is 3.71. The molecular formula is C13H19NO4. The zero-order valence-electron chi connectivity index (χ0n) is 11.0. The van der Waals surface area contributed by atoms with Crippen LogP contribution in [-0.2, 0) is 9.53 Å². The molecule has 0 aliphatic carbocycles. The first-order valence-corrected chi connectivity index (χ1v) is 5.73. The molecule has 0 atom stereocenters. The second-order valence-corrected chi connectivity index (χ2v) is 3.71. The minimum Gasteiger partial charge on any atom is -0.497 e. The molecule has 18 heavy (non-hydrogen) atoms. The third-order valence-electron chi connectivity index (χ3n) is 2.47. The number of rotatable bonds is 7. The van der Waals surface area contributed by atoms with E-state index in [1.54, 1.807) is 20.3 Å². The number of nitrogens with one attached hydrogen (secondary N) is 1. The summed E-state index contributed by atoms with van der Waals surface area (Å²) in [6, 6.07) is 5.56. The highest BCUT2D eigenvalue weighted by atomic mass is 16.5. The number of anilines is 1. The van der Waals surface area contributed by atoms with Gasteiger partial charge in [0.25, 0.3) is 0 Å². The lowest BCUT2D eigenvalue weighted by atomic mass is 10.2. The molecule has 0 aliphatic rings. The molecule has 5 heteroatoms. The summed E-state index contributed by atoms with van der Waals surface area (Å²) in [5.74, 6) is 1.26. The Morgan fingerprint density at radius 1 is 1.11 bits per heavy atom. The van der Waals surface area contributed by atoms with Gasteiger partial charge >= 0.3 is 5.97 Å². The Morgan fingerprint density at radius 3 is 2.22 bits per heavy atom. The van der Waals surface area contributed by atoms with Crippen LogP contribution in [0.25, 0.3) is 0 Å². The van der Waals surface area contributed by atoms with E-state index >= 15 is 0 Å². The fourth-order valence-corrected chi connectivity index (χ4v) is 1.48. The normalized spacial score (nSPS) is 9.72. The Hall–Kier alpha value is -1.91. The average molecular weight is 253 g/mol. The number of carbonyl (C=O) groups excluding carboxylic acids is 1. The number of hydrogen-bond acceptors (Lipinski definition) is 5. The third-order valence-corrected chi connectivity index (χ3v) is 2.47. The molecule has 5 nitrogen and oxygen atoms in total. The molecule has 0 aliphatic heterocycles. The van der Waals surface area contributed by atoms with E-state index in [9.17, 15) is 4.79 Å². The molecule has 0 heterocycles. The SMILES string of the molecule is COC(=O)CCCNc1cc(OC)cc(OC)c1. The minimum absolute atomic E-state index is 0.194. The molecule has 0 bridgehead atoms. The van der Waals surface area contributed by atoms with Gasteiger partial charge in [-0.15, -0.1) is 0 Å². The Labute approximate surface area is 107 Å². The predicted molar refractivity (Wildman–Crippen MR) is 69.3 cm³/mol. The lowest BCUT2D eigenvalue weighted by molar-refractivity contribution is -0.140. The van der Waals surface area contributed by atoms with Crippen LogP contribution in [0.4, 0.5) is 5.69 Å². The average Bonchev–Trinajstić information content (AvgIpc) is 2.42. The van der Waals surface area contributed by atoms with Crippen LogP contribution in [0.5, 0.6) is 11.5 Å². The topological polar surface area (TPSA) is 56.8 Å². The molecule has 0 aromatic heterocycles. The summed E-state index contributed by atoms with van der Waals surface area (Å²) in [5, 5.41) is 3.21. The fourth-order valence-electron chi connectivity index (χ4n) is 1.48. The van der Waals surface area contributed by atoms with Gasteiger partial charge in [0.05, 0.1) is 21.3 Å². The molecule has 1 aromatic carbocycles. The summed E-state index contributed by atoms with van der Waals surface area (Å²) in [5.41, 5.74) is 0.899. The molecule has 0 saturated heterocycles. The summed E-state index contributed by atoms with van der Waals surface area (Å²) in [7, 11) is 4.61. The molecule has 100 valence electrons. The number of hydrogen-bond donors (Lipinski definition) is 1. The first-order chi connectivity index (χ1) is 8.69. The van der Waals surface area contributed by atoms with Crippen LogP contribution in [0.15, 0.2) is 18.2 Å². The van der Waals surface area contributed by atoms with Crippen molar-refractivity contribution in [1.82, 2.24) is 0 Å². The van der Waals surface area contributed by atoms with Gasteiger partial charge in [-0.3, -0.25) is 4.79 Å². The van der Waals surface area contributed by atoms with Crippen molar-refractivity contribution in [3.05, 3.63) is 18.2 Å². The van der Waals surface area contributed by atoms with Gasteiger partial charge in [-0.25, -0.2) is 0 Å². The fraction of sp³-hybridized carbons (Fsp3) is 0.462. The van der Waals surface area contributed by atoms with Gasteiger partial charge in [-0.1, -0.05) is 0 Å². The molecule has 0 radical (unpaired) electrons. The van der Waals surface area contributed by atoms with Crippen molar-refractivity contribution < 1.29 is 19.0 Å². The molecular weight excluding hydrogens is 234 g/mol. The first kappa shape index (κ1) is 14.2. The van der Waals surface area contributed by atoms with Crippen molar-refractivity contribution in [3.8, 4) is 11.5 Å². The van der Waals surface area contributed by atoms with Crippen molar-refractivity contribution in [1.29, 1.82) is 0 Å². The lowest BCUT2D eigenvalue weighted by Gasteiger charge is -2.10. The summed E-state index contributed by atoms with van der Waals surface area (Å²) < 4.78 is 14.9. The van der Waals surface area contributed by atoms with E-state index in [0.717, 1.165) is 17.2 Å². The Balaban J connectivity index is 2.48. The maximum Gasteiger partial charge on any atom is 0.305 e. The van der Waals surface area contributed by atoms with Crippen molar-refractivity contribution in [3.63, 3.8) is 0 Å². The van der Waals surface area contributed by atoms with Crippen LogP contribution in [0.3, 0.4) is 0 Å². The summed E-state index contributed by atoms with van der Waals surface area (Å²) in [6.45, 7) is 0.686. The molecule has 1 N–H and O–H groups in total. The van der Waals surface area contributed by atoms with Crippen molar-refractivity contribution in [2.75, 3.05) is 33.2 Å². The van der Waals surface area contributed by atoms with Crippen molar-refractivity contribution in [2.24, 2.45) is 0 Å². The maximum absolute atomic E-state index is 10.9. The van der Waals surface area contributed by atoms with E-state index in [2.05, 4.69) is 10.1 Å². The first-order valence-electron chi connectivity index (χ1n) is 5.73. The minimum atomic E-state index is -0.194. The van der Waals surface area contributed by atoms with E-state index in [-0.39, 0.29) is 5.97 Å². The zero-order chi connectivity index (χ0) is 13.4. The van der Waals surface area contributed by atoms with E-state index in [1.807, 2.05) is 12.1 Å². The highest BCUT2D eigenvalue weighted by molar-refractivity contribution is 5.69. The standard InChI is InChI=1S/C13H19NO4/c1-16-11-7-10(8-12(9-11)17-2)14-6-4-5-13(15)18-3/h7-9,14H,4-6H2,1-3H3. The lowest BCUT2D eigenvalue weighted by Crippen LogP contribution is -2.06. The van der Waals surface area contributed by atoms with Gasteiger partial charge in [0, 0.05) is 36.9 Å². The van der Waals surface area contributed by atoms with Crippen LogP contribution in [0.1, 0.15) is 12.8 Å². The van der Waals surface area contributed by atoms with E-state index < -0.39 is 0 Å². The number of benzene rings is 1. The monoisotopic (exact) mass is 253 g/mol. The number of carbonyl (C=O) groups is 1. The van der Waals surface area contributed by atoms with Crippen LogP contribution in [-0.4, -0.2) is 33.8 Å². The van der Waals surface area contributed by atoms with Gasteiger partial charge < -0.3 is 19.5 Å². The van der Waals surface area contributed by atoms with E-state index in [4.69, 9.17) is 9.47 Å². The van der Waals surface area contributed by atoms with Crippen LogP contribution >= 0.6 is 0 Å². The quantitative estimate of drug-likeness (QED) is 0.595. The molecule has 1 rings (SSSR count). The molecule has 0 amide bonds. The van der Waals surface area contributed by atoms with Crippen molar-refractivity contribution in [2.45, 2.75) is 12.8 Å². The van der Waals surface area contributed by atoms with Gasteiger partial charge in [0.15, 0.2) is 0 Å². The van der Waals surface area contributed by atoms with Gasteiger partial charge in [-0.05, 0) is 6.42 Å². The predicted octanol–water partition coefficient (Wildman–Crippen LogP) is 2.07. The molecule has 1 aromatic rings. The van der Waals surface area contributed by atoms with Gasteiger partial charge in [-0.2, -0.15) is 0 Å². The highest BCUT2D eigenvalue weighted by Crippen LogP contribution is 2.25. The smallest absolute Gasteiger partial charge is 0.305 e. The number of ether oxygens (including phenoxy) is 3. The van der Waals surface area contributed by atoms with Crippen molar-refractivity contribution >= 4 is 11.7 Å². The van der Waals surface area contributed by atoms with Crippen LogP contribution < -0.4 is 14.8 Å². The number of methoxy groups -OCH3 is 3. The Bertz CT molecular complexity index is 370. The van der Waals surface area contributed by atoms with Gasteiger partial charge in [0.2, 0.25) is 0 Å². The van der Waals surface area contributed by atoms with Gasteiger partial charge in [0.1, 0.15) is 11.5 Å². The molecule has 0 fully saturated rings. The largest absolute Gasteiger partial charge is 0.497 e. The summed E-state index contributed by atoms with van der Waals surface area (Å²) in [4.78, 5) is 10.9. The zero-order valence-corrected chi connectivity index (χ0v) is 11.0. The van der Waals surface area contributed by atoms with E-state index in [0.29, 0.717) is 19.4 Å². The highest BCUT2D eigenvalue weighted by Gasteiger charge is 2.02. The summed E-state index contributed by atoms with van der Waals surface area (Å²) >= 11 is 0. The van der Waals surface area contributed by atoms with Crippen LogP contribution in [0, 0.1) is 0 Å². The van der Waals surface area contributed by atoms with Crippen LogP contribution in [0.2, 0.25) is 0 Å². The summed E-state index contributed by atoms with van der Waals surface area (Å²) in [6.07, 6.45) is 1.12. The Kier molecular flexibility index (Phi) is 5.84. The molecule has 0 saturated carbocycles. The maximum atomic E-state index is 10.9. The van der Waals surface area contributed by atoms with E-state index in [1.165, 1.54) is 7.11 Å². The molecule has 0 spiro atoms. The second kappa shape index (κ2) is 7.42. The Morgan fingerprint density at radius 2 is 1.72 bits per heavy atom. The molecule has 0 unspecified atom stereocenters.